The topological polar surface area (TPSA) is 49.4 Å². The monoisotopic (exact) mass is 298 g/mol. The Bertz CT molecular complexity index is 452. The van der Waals surface area contributed by atoms with Crippen molar-refractivity contribution in [1.29, 1.82) is 0 Å². The number of nitrogens with zero attached hydrogens (tertiary/aromatic N) is 1. The molecular formula is C15H26N2O2S. The highest BCUT2D eigenvalue weighted by atomic mass is 32.2. The van der Waals surface area contributed by atoms with E-state index in [4.69, 9.17) is 0 Å². The first kappa shape index (κ1) is 17.0. The van der Waals surface area contributed by atoms with Crippen molar-refractivity contribution in [3.05, 3.63) is 30.3 Å². The molecule has 0 aromatic heterocycles. The molecule has 0 aliphatic carbocycles. The van der Waals surface area contributed by atoms with Gasteiger partial charge < -0.3 is 0 Å². The van der Waals surface area contributed by atoms with Crippen LogP contribution in [0.1, 0.15) is 39.5 Å². The molecule has 4 nitrogen and oxygen atoms in total. The minimum absolute atomic E-state index is 0.0713. The molecule has 0 aliphatic heterocycles. The molecule has 0 saturated heterocycles. The molecule has 0 saturated carbocycles. The molecule has 0 aliphatic rings. The summed E-state index contributed by atoms with van der Waals surface area (Å²) in [6.45, 7) is 5.92. The molecule has 5 heteroatoms. The van der Waals surface area contributed by atoms with E-state index in [-0.39, 0.29) is 5.88 Å². The molecule has 0 fully saturated rings. The van der Waals surface area contributed by atoms with Crippen LogP contribution in [-0.4, -0.2) is 32.3 Å². The first-order valence-corrected chi connectivity index (χ1v) is 9.00. The van der Waals surface area contributed by atoms with Gasteiger partial charge in [-0.1, -0.05) is 44.9 Å². The molecule has 0 atom stereocenters. The van der Waals surface area contributed by atoms with Crippen molar-refractivity contribution in [2.24, 2.45) is 0 Å². The van der Waals surface area contributed by atoms with E-state index in [2.05, 4.69) is 18.6 Å². The van der Waals surface area contributed by atoms with E-state index in [0.717, 1.165) is 38.8 Å². The van der Waals surface area contributed by atoms with Crippen molar-refractivity contribution < 1.29 is 8.42 Å². The first-order chi connectivity index (χ1) is 9.57. The second-order valence-corrected chi connectivity index (χ2v) is 6.73. The fourth-order valence-corrected chi connectivity index (χ4v) is 3.26. The fourth-order valence-electron chi connectivity index (χ4n) is 1.96. The third-order valence-corrected chi connectivity index (χ3v) is 4.31. The summed E-state index contributed by atoms with van der Waals surface area (Å²) < 4.78 is 27.0. The van der Waals surface area contributed by atoms with E-state index in [9.17, 15) is 8.42 Å². The number of nitrogens with one attached hydrogen (secondary N) is 1. The van der Waals surface area contributed by atoms with Crippen LogP contribution in [0, 0.1) is 0 Å². The van der Waals surface area contributed by atoms with Gasteiger partial charge in [-0.15, -0.1) is 0 Å². The average Bonchev–Trinajstić information content (AvgIpc) is 2.42. The van der Waals surface area contributed by atoms with Gasteiger partial charge in [-0.25, -0.2) is 8.42 Å². The number of rotatable bonds is 10. The molecule has 1 N–H and O–H groups in total. The van der Waals surface area contributed by atoms with Gasteiger partial charge >= 0.3 is 0 Å². The Kier molecular flexibility index (Phi) is 7.62. The van der Waals surface area contributed by atoms with Gasteiger partial charge in [0.25, 0.3) is 0 Å². The van der Waals surface area contributed by atoms with Crippen LogP contribution in [0.4, 0.5) is 5.69 Å². The van der Waals surface area contributed by atoms with Crippen molar-refractivity contribution in [2.75, 3.05) is 23.7 Å². The van der Waals surface area contributed by atoms with Gasteiger partial charge in [0.1, 0.15) is 5.88 Å². The summed E-state index contributed by atoms with van der Waals surface area (Å²) >= 11 is 0. The Labute approximate surface area is 123 Å². The van der Waals surface area contributed by atoms with Crippen molar-refractivity contribution in [1.82, 2.24) is 4.90 Å². The predicted molar refractivity (Wildman–Crippen MR) is 85.2 cm³/mol. The van der Waals surface area contributed by atoms with Gasteiger partial charge in [-0.3, -0.25) is 9.62 Å². The lowest BCUT2D eigenvalue weighted by atomic mass is 10.3. The van der Waals surface area contributed by atoms with Gasteiger partial charge in [0.2, 0.25) is 10.0 Å². The van der Waals surface area contributed by atoms with Crippen molar-refractivity contribution in [3.63, 3.8) is 0 Å². The van der Waals surface area contributed by atoms with Gasteiger partial charge in [-0.2, -0.15) is 0 Å². The standard InChI is InChI=1S/C15H26N2O2S/c1-3-5-12-17(13-6-4-2)14-20(18,19)16-15-10-8-7-9-11-15/h7-11,16H,3-6,12-14H2,1-2H3. The van der Waals surface area contributed by atoms with Crippen molar-refractivity contribution in [3.8, 4) is 0 Å². The summed E-state index contributed by atoms with van der Waals surface area (Å²) in [5.41, 5.74) is 0.624. The molecule has 0 radical (unpaired) electrons. The molecular weight excluding hydrogens is 272 g/mol. The molecule has 114 valence electrons. The summed E-state index contributed by atoms with van der Waals surface area (Å²) in [5, 5.41) is 0. The van der Waals surface area contributed by atoms with Crippen LogP contribution in [0.25, 0.3) is 0 Å². The van der Waals surface area contributed by atoms with Crippen LogP contribution in [0.2, 0.25) is 0 Å². The number of hydrogen-bond acceptors (Lipinski definition) is 3. The van der Waals surface area contributed by atoms with E-state index < -0.39 is 10.0 Å². The number of unbranched alkanes of at least 4 members (excludes halogenated alkanes) is 2. The second-order valence-electron chi connectivity index (χ2n) is 5.04. The Morgan fingerprint density at radius 1 is 1.00 bits per heavy atom. The highest BCUT2D eigenvalue weighted by Crippen LogP contribution is 2.10. The zero-order chi connectivity index (χ0) is 14.8. The molecule has 1 aromatic rings. The smallest absolute Gasteiger partial charge is 0.246 e. The van der Waals surface area contributed by atoms with Gasteiger partial charge in [0.15, 0.2) is 0 Å². The fraction of sp³-hybridized carbons (Fsp3) is 0.600. The highest BCUT2D eigenvalue weighted by Gasteiger charge is 2.16. The Morgan fingerprint density at radius 2 is 1.55 bits per heavy atom. The minimum Gasteiger partial charge on any atom is -0.288 e. The maximum Gasteiger partial charge on any atom is 0.246 e. The Morgan fingerprint density at radius 3 is 2.05 bits per heavy atom. The Hall–Kier alpha value is -1.07. The van der Waals surface area contributed by atoms with E-state index >= 15 is 0 Å². The lowest BCUT2D eigenvalue weighted by molar-refractivity contribution is 0.303. The lowest BCUT2D eigenvalue weighted by Gasteiger charge is -2.22. The summed E-state index contributed by atoms with van der Waals surface area (Å²) in [7, 11) is -3.32. The molecule has 0 spiro atoms. The predicted octanol–water partition coefficient (Wildman–Crippen LogP) is 3.29. The molecule has 1 aromatic carbocycles. The van der Waals surface area contributed by atoms with Crippen LogP contribution in [0.5, 0.6) is 0 Å². The maximum atomic E-state index is 12.2. The van der Waals surface area contributed by atoms with Gasteiger partial charge in [0, 0.05) is 5.69 Å². The number of benzene rings is 1. The largest absolute Gasteiger partial charge is 0.288 e. The zero-order valence-corrected chi connectivity index (χ0v) is 13.3. The van der Waals surface area contributed by atoms with Crippen LogP contribution >= 0.6 is 0 Å². The molecule has 0 heterocycles. The quantitative estimate of drug-likeness (QED) is 0.721. The third kappa shape index (κ3) is 6.91. The van der Waals surface area contributed by atoms with E-state index in [0.29, 0.717) is 5.69 Å². The summed E-state index contributed by atoms with van der Waals surface area (Å²) in [4.78, 5) is 2.03. The summed E-state index contributed by atoms with van der Waals surface area (Å²) in [5.74, 6) is 0.0713. The van der Waals surface area contributed by atoms with Gasteiger partial charge in [0.05, 0.1) is 0 Å². The van der Waals surface area contributed by atoms with Crippen LogP contribution < -0.4 is 4.72 Å². The van der Waals surface area contributed by atoms with Crippen LogP contribution in [0.15, 0.2) is 30.3 Å². The summed E-state index contributed by atoms with van der Waals surface area (Å²) in [6.07, 6.45) is 4.22. The highest BCUT2D eigenvalue weighted by molar-refractivity contribution is 7.92. The molecule has 0 bridgehead atoms. The zero-order valence-electron chi connectivity index (χ0n) is 12.5. The SMILES string of the molecule is CCCCN(CCCC)CS(=O)(=O)Nc1ccccc1. The summed E-state index contributed by atoms with van der Waals surface area (Å²) in [6, 6.07) is 9.04. The normalized spacial score (nSPS) is 11.8. The van der Waals surface area contributed by atoms with Crippen LogP contribution in [0.3, 0.4) is 0 Å². The second kappa shape index (κ2) is 8.97. The Balaban J connectivity index is 2.60. The average molecular weight is 298 g/mol. The number of para-hydroxylation sites is 1. The maximum absolute atomic E-state index is 12.2. The van der Waals surface area contributed by atoms with E-state index in [1.165, 1.54) is 0 Å². The number of sulfonamides is 1. The number of hydrogen-bond donors (Lipinski definition) is 1. The van der Waals surface area contributed by atoms with E-state index in [1.54, 1.807) is 12.1 Å². The molecule has 20 heavy (non-hydrogen) atoms. The van der Waals surface area contributed by atoms with Crippen molar-refractivity contribution >= 4 is 15.7 Å². The van der Waals surface area contributed by atoms with Crippen molar-refractivity contribution in [2.45, 2.75) is 39.5 Å². The first-order valence-electron chi connectivity index (χ1n) is 7.35. The third-order valence-electron chi connectivity index (χ3n) is 3.06. The lowest BCUT2D eigenvalue weighted by Crippen LogP contribution is -2.34. The number of anilines is 1. The molecule has 0 unspecified atom stereocenters. The van der Waals surface area contributed by atoms with Gasteiger partial charge in [-0.05, 0) is 38.1 Å². The molecule has 1 rings (SSSR count). The molecule has 0 amide bonds. The van der Waals surface area contributed by atoms with Crippen LogP contribution in [-0.2, 0) is 10.0 Å². The minimum atomic E-state index is -3.32. The van der Waals surface area contributed by atoms with E-state index in [1.807, 2.05) is 23.1 Å².